The fraction of sp³-hybridized carbons (Fsp3) is 0.368. The largest absolute Gasteiger partial charge is 0.335 e. The predicted octanol–water partition coefficient (Wildman–Crippen LogP) is 4.51. The summed E-state index contributed by atoms with van der Waals surface area (Å²) >= 11 is 0. The first kappa shape index (κ1) is 15.5. The molecule has 0 atom stereocenters. The van der Waals surface area contributed by atoms with Crippen molar-refractivity contribution >= 4 is 11.7 Å². The number of pyridine rings is 1. The van der Waals surface area contributed by atoms with Crippen LogP contribution in [0.1, 0.15) is 37.7 Å². The van der Waals surface area contributed by atoms with Crippen LogP contribution in [-0.4, -0.2) is 17.1 Å². The van der Waals surface area contributed by atoms with Crippen LogP contribution in [0.25, 0.3) is 11.1 Å². The summed E-state index contributed by atoms with van der Waals surface area (Å²) < 4.78 is 0. The van der Waals surface area contributed by atoms with Crippen LogP contribution in [0.5, 0.6) is 0 Å². The molecule has 0 bridgehead atoms. The first-order valence-electron chi connectivity index (χ1n) is 8.31. The minimum atomic E-state index is -0.114. The van der Waals surface area contributed by atoms with E-state index in [9.17, 15) is 4.79 Å². The smallest absolute Gasteiger partial charge is 0.319 e. The van der Waals surface area contributed by atoms with E-state index in [0.29, 0.717) is 6.04 Å². The fourth-order valence-corrected chi connectivity index (χ4v) is 3.18. The Morgan fingerprint density at radius 2 is 1.96 bits per heavy atom. The van der Waals surface area contributed by atoms with Crippen LogP contribution in [0.4, 0.5) is 10.5 Å². The lowest BCUT2D eigenvalue weighted by Crippen LogP contribution is -2.39. The number of hydrogen-bond donors (Lipinski definition) is 2. The molecule has 1 aromatic heterocycles. The molecule has 0 saturated heterocycles. The number of nitrogens with one attached hydrogen (secondary N) is 2. The first-order valence-corrected chi connectivity index (χ1v) is 8.31. The molecule has 2 aromatic rings. The second kappa shape index (κ2) is 7.27. The zero-order chi connectivity index (χ0) is 16.1. The molecule has 23 heavy (non-hydrogen) atoms. The molecule has 120 valence electrons. The van der Waals surface area contributed by atoms with Crippen molar-refractivity contribution < 1.29 is 4.79 Å². The summed E-state index contributed by atoms with van der Waals surface area (Å²) in [7, 11) is 0. The summed E-state index contributed by atoms with van der Waals surface area (Å²) in [5.41, 5.74) is 3.90. The maximum Gasteiger partial charge on any atom is 0.319 e. The van der Waals surface area contributed by atoms with Crippen LogP contribution >= 0.6 is 0 Å². The quantitative estimate of drug-likeness (QED) is 0.876. The second-order valence-corrected chi connectivity index (χ2v) is 6.17. The van der Waals surface area contributed by atoms with Crippen LogP contribution in [0, 0.1) is 6.92 Å². The standard InChI is InChI=1S/C19H23N3O/c1-14-7-5-11-17(15-8-6-12-20-13-15)18(14)22-19(23)21-16-9-3-2-4-10-16/h5-8,11-13,16H,2-4,9-10H2,1H3,(H2,21,22,23). The number of aryl methyl sites for hydroxylation is 1. The molecule has 1 saturated carbocycles. The van der Waals surface area contributed by atoms with Crippen LogP contribution in [0.2, 0.25) is 0 Å². The van der Waals surface area contributed by atoms with E-state index in [1.807, 2.05) is 43.5 Å². The van der Waals surface area contributed by atoms with E-state index in [0.717, 1.165) is 35.2 Å². The number of rotatable bonds is 3. The van der Waals surface area contributed by atoms with Gasteiger partial charge in [-0.05, 0) is 31.4 Å². The van der Waals surface area contributed by atoms with Crippen LogP contribution in [-0.2, 0) is 0 Å². The summed E-state index contributed by atoms with van der Waals surface area (Å²) in [4.78, 5) is 16.6. The zero-order valence-electron chi connectivity index (χ0n) is 13.5. The van der Waals surface area contributed by atoms with Crippen molar-refractivity contribution in [3.8, 4) is 11.1 Å². The number of benzene rings is 1. The van der Waals surface area contributed by atoms with Crippen LogP contribution in [0.15, 0.2) is 42.7 Å². The van der Waals surface area contributed by atoms with E-state index >= 15 is 0 Å². The van der Waals surface area contributed by atoms with Gasteiger partial charge in [0.05, 0.1) is 5.69 Å². The number of urea groups is 1. The Balaban J connectivity index is 1.78. The lowest BCUT2D eigenvalue weighted by Gasteiger charge is -2.23. The summed E-state index contributed by atoms with van der Waals surface area (Å²) in [6.45, 7) is 2.01. The topological polar surface area (TPSA) is 54.0 Å². The van der Waals surface area contributed by atoms with Gasteiger partial charge in [0.15, 0.2) is 0 Å². The van der Waals surface area contributed by atoms with Gasteiger partial charge in [-0.15, -0.1) is 0 Å². The van der Waals surface area contributed by atoms with Crippen molar-refractivity contribution in [1.82, 2.24) is 10.3 Å². The maximum atomic E-state index is 12.4. The van der Waals surface area contributed by atoms with Gasteiger partial charge in [-0.2, -0.15) is 0 Å². The van der Waals surface area contributed by atoms with Crippen LogP contribution < -0.4 is 10.6 Å². The van der Waals surface area contributed by atoms with Crippen molar-refractivity contribution in [3.05, 3.63) is 48.3 Å². The highest BCUT2D eigenvalue weighted by Gasteiger charge is 2.17. The van der Waals surface area contributed by atoms with Crippen molar-refractivity contribution in [3.63, 3.8) is 0 Å². The third-order valence-electron chi connectivity index (χ3n) is 4.42. The Hall–Kier alpha value is -2.36. The van der Waals surface area contributed by atoms with Crippen molar-refractivity contribution in [2.75, 3.05) is 5.32 Å². The lowest BCUT2D eigenvalue weighted by atomic mass is 9.96. The fourth-order valence-electron chi connectivity index (χ4n) is 3.18. The molecule has 4 heteroatoms. The summed E-state index contributed by atoms with van der Waals surface area (Å²) in [5, 5.41) is 6.15. The minimum Gasteiger partial charge on any atom is -0.335 e. The Morgan fingerprint density at radius 1 is 1.13 bits per heavy atom. The molecule has 3 rings (SSSR count). The number of anilines is 1. The van der Waals surface area contributed by atoms with Gasteiger partial charge in [0.1, 0.15) is 0 Å². The number of aromatic nitrogens is 1. The lowest BCUT2D eigenvalue weighted by molar-refractivity contribution is 0.244. The zero-order valence-corrected chi connectivity index (χ0v) is 13.5. The Bertz CT molecular complexity index is 664. The second-order valence-electron chi connectivity index (χ2n) is 6.17. The number of amides is 2. The maximum absolute atomic E-state index is 12.4. The van der Waals surface area contributed by atoms with Gasteiger partial charge in [0.2, 0.25) is 0 Å². The molecule has 1 fully saturated rings. The number of hydrogen-bond acceptors (Lipinski definition) is 2. The minimum absolute atomic E-state index is 0.114. The third-order valence-corrected chi connectivity index (χ3v) is 4.42. The summed E-state index contributed by atoms with van der Waals surface area (Å²) in [5.74, 6) is 0. The molecule has 0 unspecified atom stereocenters. The van der Waals surface area contributed by atoms with E-state index in [-0.39, 0.29) is 6.03 Å². The number of nitrogens with zero attached hydrogens (tertiary/aromatic N) is 1. The third kappa shape index (κ3) is 3.89. The van der Waals surface area contributed by atoms with E-state index < -0.39 is 0 Å². The highest BCUT2D eigenvalue weighted by molar-refractivity contribution is 5.95. The molecule has 1 heterocycles. The average molecular weight is 309 g/mol. The molecule has 4 nitrogen and oxygen atoms in total. The predicted molar refractivity (Wildman–Crippen MR) is 93.4 cm³/mol. The molecule has 1 aromatic carbocycles. The van der Waals surface area contributed by atoms with Crippen molar-refractivity contribution in [1.29, 1.82) is 0 Å². The number of para-hydroxylation sites is 1. The van der Waals surface area contributed by atoms with Gasteiger partial charge < -0.3 is 10.6 Å². The molecule has 2 N–H and O–H groups in total. The van der Waals surface area contributed by atoms with E-state index in [2.05, 4.69) is 15.6 Å². The molecule has 2 amide bonds. The van der Waals surface area contributed by atoms with Crippen molar-refractivity contribution in [2.24, 2.45) is 0 Å². The van der Waals surface area contributed by atoms with Gasteiger partial charge in [-0.1, -0.05) is 43.5 Å². The molecule has 0 aliphatic heterocycles. The van der Waals surface area contributed by atoms with E-state index in [1.165, 1.54) is 19.3 Å². The molecule has 0 spiro atoms. The van der Waals surface area contributed by atoms with E-state index in [1.54, 1.807) is 6.20 Å². The average Bonchev–Trinajstić information content (AvgIpc) is 2.58. The van der Waals surface area contributed by atoms with E-state index in [4.69, 9.17) is 0 Å². The van der Waals surface area contributed by atoms with Crippen molar-refractivity contribution in [2.45, 2.75) is 45.1 Å². The molecule has 0 radical (unpaired) electrons. The van der Waals surface area contributed by atoms with Gasteiger partial charge in [-0.25, -0.2) is 4.79 Å². The summed E-state index contributed by atoms with van der Waals surface area (Å²) in [6, 6.07) is 10.1. The monoisotopic (exact) mass is 309 g/mol. The highest BCUT2D eigenvalue weighted by Crippen LogP contribution is 2.30. The SMILES string of the molecule is Cc1cccc(-c2cccnc2)c1NC(=O)NC1CCCCC1. The molecular weight excluding hydrogens is 286 g/mol. The van der Waals surface area contributed by atoms with Gasteiger partial charge >= 0.3 is 6.03 Å². The Kier molecular flexibility index (Phi) is 4.91. The summed E-state index contributed by atoms with van der Waals surface area (Å²) in [6.07, 6.45) is 9.42. The highest BCUT2D eigenvalue weighted by atomic mass is 16.2. The molecular formula is C19H23N3O. The molecule has 1 aliphatic rings. The first-order chi connectivity index (χ1) is 11.2. The molecule has 1 aliphatic carbocycles. The Labute approximate surface area is 137 Å². The number of carbonyl (C=O) groups is 1. The van der Waals surface area contributed by atoms with Gasteiger partial charge in [0.25, 0.3) is 0 Å². The normalized spacial score (nSPS) is 15.2. The Morgan fingerprint density at radius 3 is 2.70 bits per heavy atom. The van der Waals surface area contributed by atoms with Gasteiger partial charge in [0, 0.05) is 29.6 Å². The van der Waals surface area contributed by atoms with Crippen LogP contribution in [0.3, 0.4) is 0 Å². The van der Waals surface area contributed by atoms with Gasteiger partial charge in [-0.3, -0.25) is 4.98 Å². The number of carbonyl (C=O) groups excluding carboxylic acids is 1.